The predicted molar refractivity (Wildman–Crippen MR) is 124 cm³/mol. The van der Waals surface area contributed by atoms with E-state index in [4.69, 9.17) is 9.47 Å². The van der Waals surface area contributed by atoms with Gasteiger partial charge in [-0.15, -0.1) is 11.8 Å². The van der Waals surface area contributed by atoms with Crippen LogP contribution in [0, 0.1) is 5.92 Å². The highest BCUT2D eigenvalue weighted by atomic mass is 32.2. The van der Waals surface area contributed by atoms with Crippen LogP contribution in [0.4, 0.5) is 0 Å². The Kier molecular flexibility index (Phi) is 7.85. The van der Waals surface area contributed by atoms with Crippen LogP contribution in [0.15, 0.2) is 48.5 Å². The first-order valence-electron chi connectivity index (χ1n) is 10.4. The Morgan fingerprint density at radius 1 is 1.10 bits per heavy atom. The second-order valence-corrected chi connectivity index (χ2v) is 8.98. The van der Waals surface area contributed by atoms with Crippen LogP contribution in [0.3, 0.4) is 0 Å². The van der Waals surface area contributed by atoms with Crippen molar-refractivity contribution >= 4 is 23.6 Å². The van der Waals surface area contributed by atoms with Crippen molar-refractivity contribution in [2.45, 2.75) is 31.7 Å². The summed E-state index contributed by atoms with van der Waals surface area (Å²) < 4.78 is 10.8. The molecule has 6 nitrogen and oxygen atoms in total. The number of rotatable bonds is 8. The van der Waals surface area contributed by atoms with Gasteiger partial charge in [-0.25, -0.2) is 0 Å². The molecule has 1 saturated heterocycles. The summed E-state index contributed by atoms with van der Waals surface area (Å²) in [5.74, 6) is 1.98. The van der Waals surface area contributed by atoms with Gasteiger partial charge in [0, 0.05) is 17.9 Å². The van der Waals surface area contributed by atoms with Gasteiger partial charge in [-0.05, 0) is 42.2 Å². The van der Waals surface area contributed by atoms with E-state index in [1.807, 2.05) is 36.4 Å². The molecular formula is C24H30N2O4S. The molecule has 2 unspecified atom stereocenters. The van der Waals surface area contributed by atoms with E-state index < -0.39 is 6.04 Å². The van der Waals surface area contributed by atoms with Gasteiger partial charge in [0.25, 0.3) is 5.91 Å². The molecule has 0 aliphatic carbocycles. The van der Waals surface area contributed by atoms with E-state index in [0.717, 1.165) is 12.0 Å². The average molecular weight is 443 g/mol. The molecule has 2 atom stereocenters. The Labute approximate surface area is 188 Å². The van der Waals surface area contributed by atoms with Crippen molar-refractivity contribution in [3.05, 3.63) is 59.7 Å². The van der Waals surface area contributed by atoms with Crippen molar-refractivity contribution in [2.75, 3.05) is 26.5 Å². The van der Waals surface area contributed by atoms with E-state index >= 15 is 0 Å². The Morgan fingerprint density at radius 2 is 1.81 bits per heavy atom. The normalized spacial score (nSPS) is 18.2. The van der Waals surface area contributed by atoms with E-state index in [-0.39, 0.29) is 17.2 Å². The molecule has 1 fully saturated rings. The molecule has 1 N–H and O–H groups in total. The summed E-state index contributed by atoms with van der Waals surface area (Å²) in [6.45, 7) is 4.85. The third kappa shape index (κ3) is 5.34. The zero-order chi connectivity index (χ0) is 22.4. The van der Waals surface area contributed by atoms with Crippen LogP contribution in [0.2, 0.25) is 0 Å². The van der Waals surface area contributed by atoms with Gasteiger partial charge in [0.1, 0.15) is 11.4 Å². The van der Waals surface area contributed by atoms with Crippen LogP contribution in [-0.4, -0.2) is 49.3 Å². The zero-order valence-corrected chi connectivity index (χ0v) is 19.3. The van der Waals surface area contributed by atoms with Crippen LogP contribution in [0.25, 0.3) is 0 Å². The number of benzene rings is 2. The fourth-order valence-electron chi connectivity index (χ4n) is 3.55. The standard InChI is InChI=1S/C24H30N2O4S/c1-16(2)12-13-25-22(27)19-15-31-24(18-10-11-20(29-3)21(14-18)30-4)26(19)23(28)17-8-6-5-7-9-17/h5-11,14,16,19,24H,12-13,15H2,1-4H3,(H,25,27). The molecule has 31 heavy (non-hydrogen) atoms. The average Bonchev–Trinajstić information content (AvgIpc) is 3.23. The molecule has 1 aliphatic rings. The van der Waals surface area contributed by atoms with Gasteiger partial charge in [-0.3, -0.25) is 9.59 Å². The summed E-state index contributed by atoms with van der Waals surface area (Å²) in [7, 11) is 3.17. The summed E-state index contributed by atoms with van der Waals surface area (Å²) in [5, 5.41) is 2.72. The lowest BCUT2D eigenvalue weighted by Crippen LogP contribution is -2.48. The maximum Gasteiger partial charge on any atom is 0.255 e. The molecule has 1 aliphatic heterocycles. The summed E-state index contributed by atoms with van der Waals surface area (Å²) in [6, 6.07) is 14.2. The molecule has 0 spiro atoms. The molecule has 0 radical (unpaired) electrons. The van der Waals surface area contributed by atoms with Gasteiger partial charge in [-0.2, -0.15) is 0 Å². The minimum absolute atomic E-state index is 0.111. The highest BCUT2D eigenvalue weighted by Gasteiger charge is 2.42. The summed E-state index contributed by atoms with van der Waals surface area (Å²) in [6.07, 6.45) is 0.900. The van der Waals surface area contributed by atoms with Gasteiger partial charge >= 0.3 is 0 Å². The minimum atomic E-state index is -0.539. The summed E-state index contributed by atoms with van der Waals surface area (Å²) in [4.78, 5) is 28.2. The molecule has 166 valence electrons. The van der Waals surface area contributed by atoms with Gasteiger partial charge in [-0.1, -0.05) is 38.1 Å². The lowest BCUT2D eigenvalue weighted by Gasteiger charge is -2.29. The Bertz CT molecular complexity index is 904. The highest BCUT2D eigenvalue weighted by molar-refractivity contribution is 7.99. The second kappa shape index (κ2) is 10.6. The second-order valence-electron chi connectivity index (χ2n) is 7.87. The first kappa shape index (κ1) is 23.0. The van der Waals surface area contributed by atoms with E-state index in [9.17, 15) is 9.59 Å². The van der Waals surface area contributed by atoms with E-state index in [0.29, 0.717) is 35.3 Å². The quantitative estimate of drug-likeness (QED) is 0.666. The minimum Gasteiger partial charge on any atom is -0.493 e. The molecule has 0 aromatic heterocycles. The van der Waals surface area contributed by atoms with Gasteiger partial charge in [0.15, 0.2) is 11.5 Å². The monoisotopic (exact) mass is 442 g/mol. The Balaban J connectivity index is 1.91. The van der Waals surface area contributed by atoms with Crippen molar-refractivity contribution in [1.29, 1.82) is 0 Å². The van der Waals surface area contributed by atoms with Gasteiger partial charge < -0.3 is 19.7 Å². The maximum absolute atomic E-state index is 13.5. The van der Waals surface area contributed by atoms with Crippen LogP contribution in [-0.2, 0) is 4.79 Å². The van der Waals surface area contributed by atoms with Crippen molar-refractivity contribution in [3.8, 4) is 11.5 Å². The first-order valence-corrected chi connectivity index (χ1v) is 11.5. The summed E-state index contributed by atoms with van der Waals surface area (Å²) >= 11 is 1.58. The zero-order valence-electron chi connectivity index (χ0n) is 18.5. The van der Waals surface area contributed by atoms with Gasteiger partial charge in [0.05, 0.1) is 14.2 Å². The molecule has 1 heterocycles. The number of thioether (sulfide) groups is 1. The number of hydrogen-bond acceptors (Lipinski definition) is 5. The number of nitrogens with zero attached hydrogens (tertiary/aromatic N) is 1. The molecule has 0 bridgehead atoms. The number of ether oxygens (including phenoxy) is 2. The third-order valence-electron chi connectivity index (χ3n) is 5.27. The number of amides is 2. The van der Waals surface area contributed by atoms with Crippen molar-refractivity contribution < 1.29 is 19.1 Å². The topological polar surface area (TPSA) is 67.9 Å². The van der Waals surface area contributed by atoms with Crippen LogP contribution in [0.5, 0.6) is 11.5 Å². The van der Waals surface area contributed by atoms with Crippen LogP contribution in [0.1, 0.15) is 41.6 Å². The third-order valence-corrected chi connectivity index (χ3v) is 6.60. The lowest BCUT2D eigenvalue weighted by atomic mass is 10.1. The van der Waals surface area contributed by atoms with Gasteiger partial charge in [0.2, 0.25) is 5.91 Å². The largest absolute Gasteiger partial charge is 0.493 e. The number of carbonyl (C=O) groups excluding carboxylic acids is 2. The Hall–Kier alpha value is -2.67. The molecule has 2 amide bonds. The smallest absolute Gasteiger partial charge is 0.255 e. The van der Waals surface area contributed by atoms with Crippen molar-refractivity contribution in [1.82, 2.24) is 10.2 Å². The molecule has 3 rings (SSSR count). The SMILES string of the molecule is COc1ccc(C2SCC(C(=O)NCCC(C)C)N2C(=O)c2ccccc2)cc1OC. The first-order chi connectivity index (χ1) is 15.0. The highest BCUT2D eigenvalue weighted by Crippen LogP contribution is 2.44. The number of nitrogens with one attached hydrogen (secondary N) is 1. The number of carbonyl (C=O) groups is 2. The predicted octanol–water partition coefficient (Wildman–Crippen LogP) is 4.12. The fourth-order valence-corrected chi connectivity index (χ4v) is 4.97. The maximum atomic E-state index is 13.5. The molecule has 7 heteroatoms. The van der Waals surface area contributed by atoms with Crippen molar-refractivity contribution in [2.24, 2.45) is 5.92 Å². The van der Waals surface area contributed by atoms with E-state index in [2.05, 4.69) is 19.2 Å². The van der Waals surface area contributed by atoms with E-state index in [1.54, 1.807) is 43.0 Å². The van der Waals surface area contributed by atoms with E-state index in [1.165, 1.54) is 0 Å². The number of hydrogen-bond donors (Lipinski definition) is 1. The van der Waals surface area contributed by atoms with Crippen LogP contribution >= 0.6 is 11.8 Å². The molecular weight excluding hydrogens is 412 g/mol. The molecule has 2 aromatic rings. The van der Waals surface area contributed by atoms with Crippen LogP contribution < -0.4 is 14.8 Å². The Morgan fingerprint density at radius 3 is 2.45 bits per heavy atom. The molecule has 0 saturated carbocycles. The lowest BCUT2D eigenvalue weighted by molar-refractivity contribution is -0.124. The van der Waals surface area contributed by atoms with Crippen molar-refractivity contribution in [3.63, 3.8) is 0 Å². The summed E-state index contributed by atoms with van der Waals surface area (Å²) in [5.41, 5.74) is 1.46. The number of methoxy groups -OCH3 is 2. The molecule has 2 aromatic carbocycles. The fraction of sp³-hybridized carbons (Fsp3) is 0.417.